The molecule has 1 fully saturated rings. The summed E-state index contributed by atoms with van der Waals surface area (Å²) < 4.78 is 18.1. The summed E-state index contributed by atoms with van der Waals surface area (Å²) in [6.45, 7) is 9.65. The number of halogens is 1. The Morgan fingerprint density at radius 3 is 2.50 bits per heavy atom. The summed E-state index contributed by atoms with van der Waals surface area (Å²) in [5.41, 5.74) is 5.61. The van der Waals surface area contributed by atoms with Crippen molar-refractivity contribution in [3.05, 3.63) is 61.5 Å². The highest BCUT2D eigenvalue weighted by atomic mass is 79.9. The van der Waals surface area contributed by atoms with E-state index in [4.69, 9.17) is 21.7 Å². The van der Waals surface area contributed by atoms with Gasteiger partial charge in [0.25, 0.3) is 5.91 Å². The van der Waals surface area contributed by atoms with Gasteiger partial charge in [-0.25, -0.2) is 0 Å². The third-order valence-electron chi connectivity index (χ3n) is 6.32. The first kappa shape index (κ1) is 30.2. The molecule has 0 radical (unpaired) electrons. The van der Waals surface area contributed by atoms with Crippen LogP contribution in [0.2, 0.25) is 0 Å². The van der Waals surface area contributed by atoms with Crippen LogP contribution < -0.4 is 9.47 Å². The normalized spacial score (nSPS) is 14.4. The Kier molecular flexibility index (Phi) is 11.2. The molecule has 0 N–H and O–H groups in total. The molecule has 0 bridgehead atoms. The quantitative estimate of drug-likeness (QED) is 0.107. The van der Waals surface area contributed by atoms with E-state index in [2.05, 4.69) is 53.6 Å². The first-order chi connectivity index (χ1) is 18.1. The van der Waals surface area contributed by atoms with Gasteiger partial charge in [0, 0.05) is 13.0 Å². The van der Waals surface area contributed by atoms with Crippen LogP contribution in [0.3, 0.4) is 0 Å². The van der Waals surface area contributed by atoms with Crippen molar-refractivity contribution in [2.75, 3.05) is 20.3 Å². The summed E-state index contributed by atoms with van der Waals surface area (Å²) in [5.74, 6) is 0.914. The van der Waals surface area contributed by atoms with Crippen LogP contribution >= 0.6 is 39.9 Å². The molecule has 6 nitrogen and oxygen atoms in total. The summed E-state index contributed by atoms with van der Waals surface area (Å²) in [6, 6.07) is 8.14. The molecular weight excluding hydrogens is 586 g/mol. The van der Waals surface area contributed by atoms with Gasteiger partial charge in [-0.2, -0.15) is 0 Å². The average Bonchev–Trinajstić information content (AvgIpc) is 3.13. The smallest absolute Gasteiger partial charge is 0.305 e. The summed E-state index contributed by atoms with van der Waals surface area (Å²) in [6.07, 6.45) is 4.53. The van der Waals surface area contributed by atoms with Gasteiger partial charge in [-0.15, -0.1) is 0 Å². The van der Waals surface area contributed by atoms with Crippen LogP contribution in [0.4, 0.5) is 0 Å². The zero-order valence-corrected chi connectivity index (χ0v) is 25.7. The Morgan fingerprint density at radius 1 is 1.05 bits per heavy atom. The van der Waals surface area contributed by atoms with Crippen molar-refractivity contribution in [2.45, 2.75) is 60.0 Å². The molecule has 0 spiro atoms. The maximum atomic E-state index is 13.1. The molecule has 1 saturated heterocycles. The Labute approximate surface area is 243 Å². The van der Waals surface area contributed by atoms with E-state index in [0.717, 1.165) is 34.9 Å². The molecule has 38 heavy (non-hydrogen) atoms. The van der Waals surface area contributed by atoms with E-state index in [1.165, 1.54) is 35.6 Å². The van der Waals surface area contributed by atoms with Gasteiger partial charge < -0.3 is 14.2 Å². The number of carbonyl (C=O) groups is 2. The summed E-state index contributed by atoms with van der Waals surface area (Å²) in [5, 5.41) is 0. The first-order valence-corrected chi connectivity index (χ1v) is 14.6. The van der Waals surface area contributed by atoms with Crippen LogP contribution in [0.5, 0.6) is 11.5 Å². The Bertz CT molecular complexity index is 1240. The molecule has 0 saturated carbocycles. The van der Waals surface area contributed by atoms with E-state index in [1.807, 2.05) is 25.1 Å². The third kappa shape index (κ3) is 7.83. The number of esters is 1. The molecule has 0 aromatic heterocycles. The Morgan fingerprint density at radius 2 is 1.79 bits per heavy atom. The lowest BCUT2D eigenvalue weighted by atomic mass is 10.0. The molecule has 0 atom stereocenters. The van der Waals surface area contributed by atoms with Crippen molar-refractivity contribution in [3.63, 3.8) is 0 Å². The monoisotopic (exact) mass is 619 g/mol. The lowest BCUT2D eigenvalue weighted by Crippen LogP contribution is -2.29. The largest absolute Gasteiger partial charge is 0.490 e. The maximum absolute atomic E-state index is 13.1. The molecular formula is C29H34BrNO5S2. The van der Waals surface area contributed by atoms with E-state index in [-0.39, 0.29) is 11.9 Å². The predicted octanol–water partition coefficient (Wildman–Crippen LogP) is 7.29. The number of unbranched alkanes of at least 4 members (excludes halogenated alkanes) is 2. The number of thioether (sulfide) groups is 1. The SMILES string of the molecule is CCOc1cc(/C=C2/SC(=S)N(CCCCCC(=O)OC)C2=O)cc(Br)c1OCc1cc(C)c(C)cc1C. The van der Waals surface area contributed by atoms with Gasteiger partial charge in [-0.05, 0) is 102 Å². The third-order valence-corrected chi connectivity index (χ3v) is 8.28. The summed E-state index contributed by atoms with van der Waals surface area (Å²) in [7, 11) is 1.39. The zero-order chi connectivity index (χ0) is 27.8. The first-order valence-electron chi connectivity index (χ1n) is 12.6. The van der Waals surface area contributed by atoms with E-state index in [0.29, 0.717) is 46.9 Å². The van der Waals surface area contributed by atoms with Gasteiger partial charge in [0.2, 0.25) is 0 Å². The minimum atomic E-state index is -0.215. The van der Waals surface area contributed by atoms with Gasteiger partial charge in [0.05, 0.1) is 23.1 Å². The molecule has 1 aliphatic heterocycles. The summed E-state index contributed by atoms with van der Waals surface area (Å²) in [4.78, 5) is 26.5. The average molecular weight is 621 g/mol. The zero-order valence-electron chi connectivity index (χ0n) is 22.5. The second-order valence-electron chi connectivity index (χ2n) is 9.13. The number of aryl methyl sites for hydroxylation is 3. The fraction of sp³-hybridized carbons (Fsp3) is 0.414. The number of ether oxygens (including phenoxy) is 3. The van der Waals surface area contributed by atoms with Crippen molar-refractivity contribution >= 4 is 62.2 Å². The highest BCUT2D eigenvalue weighted by Gasteiger charge is 2.31. The Balaban J connectivity index is 1.72. The van der Waals surface area contributed by atoms with E-state index < -0.39 is 0 Å². The van der Waals surface area contributed by atoms with Crippen molar-refractivity contribution in [3.8, 4) is 11.5 Å². The molecule has 204 valence electrons. The number of hydrogen-bond acceptors (Lipinski definition) is 7. The number of nitrogens with zero attached hydrogens (tertiary/aromatic N) is 1. The topological polar surface area (TPSA) is 65.1 Å². The number of hydrogen-bond donors (Lipinski definition) is 0. The molecule has 2 aromatic rings. The van der Waals surface area contributed by atoms with Crippen molar-refractivity contribution < 1.29 is 23.8 Å². The van der Waals surface area contributed by atoms with Crippen molar-refractivity contribution in [1.29, 1.82) is 0 Å². The van der Waals surface area contributed by atoms with Crippen molar-refractivity contribution in [1.82, 2.24) is 4.90 Å². The number of benzene rings is 2. The molecule has 0 aliphatic carbocycles. The molecule has 1 aliphatic rings. The highest BCUT2D eigenvalue weighted by Crippen LogP contribution is 2.40. The molecule has 2 aromatic carbocycles. The second kappa shape index (κ2) is 14.1. The highest BCUT2D eigenvalue weighted by molar-refractivity contribution is 9.10. The minimum absolute atomic E-state index is 0.104. The standard InChI is InChI=1S/C29H34BrNO5S2/c1-6-35-24-15-21(14-23(30)27(24)36-17-22-13-19(3)18(2)12-20(22)4)16-25-28(33)31(29(37)38-25)11-9-7-8-10-26(32)34-5/h12-16H,6-11,17H2,1-5H3/b25-16+. The molecule has 1 heterocycles. The van der Waals surface area contributed by atoms with Gasteiger partial charge in [0.15, 0.2) is 11.5 Å². The van der Waals surface area contributed by atoms with Gasteiger partial charge >= 0.3 is 5.97 Å². The maximum Gasteiger partial charge on any atom is 0.305 e. The van der Waals surface area contributed by atoms with E-state index in [9.17, 15) is 9.59 Å². The van der Waals surface area contributed by atoms with Crippen molar-refractivity contribution in [2.24, 2.45) is 0 Å². The van der Waals surface area contributed by atoms with Gasteiger partial charge in [0.1, 0.15) is 10.9 Å². The van der Waals surface area contributed by atoms with Crippen LogP contribution in [0.15, 0.2) is 33.6 Å². The molecule has 0 unspecified atom stereocenters. The van der Waals surface area contributed by atoms with Gasteiger partial charge in [-0.3, -0.25) is 14.5 Å². The number of methoxy groups -OCH3 is 1. The molecule has 3 rings (SSSR count). The van der Waals surface area contributed by atoms with Crippen LogP contribution in [-0.2, 0) is 20.9 Å². The fourth-order valence-corrected chi connectivity index (χ4v) is 5.95. The van der Waals surface area contributed by atoms with E-state index >= 15 is 0 Å². The van der Waals surface area contributed by atoms with Gasteiger partial charge in [-0.1, -0.05) is 42.5 Å². The molecule has 9 heteroatoms. The lowest BCUT2D eigenvalue weighted by molar-refractivity contribution is -0.140. The van der Waals surface area contributed by atoms with Crippen LogP contribution in [0.25, 0.3) is 6.08 Å². The fourth-order valence-electron chi connectivity index (χ4n) is 4.06. The molecule has 1 amide bonds. The summed E-state index contributed by atoms with van der Waals surface area (Å²) >= 11 is 10.4. The lowest BCUT2D eigenvalue weighted by Gasteiger charge is -2.16. The number of rotatable bonds is 12. The number of thiocarbonyl (C=S) groups is 1. The predicted molar refractivity (Wildman–Crippen MR) is 161 cm³/mol. The number of amides is 1. The van der Waals surface area contributed by atoms with Crippen LogP contribution in [0, 0.1) is 20.8 Å². The van der Waals surface area contributed by atoms with E-state index in [1.54, 1.807) is 4.90 Å². The second-order valence-corrected chi connectivity index (χ2v) is 11.7. The van der Waals surface area contributed by atoms with Crippen LogP contribution in [-0.4, -0.2) is 41.4 Å². The minimum Gasteiger partial charge on any atom is -0.490 e. The number of carbonyl (C=O) groups excluding carboxylic acids is 2. The Hall–Kier alpha value is -2.36. The van der Waals surface area contributed by atoms with Crippen LogP contribution in [0.1, 0.15) is 60.4 Å².